The summed E-state index contributed by atoms with van der Waals surface area (Å²) in [5.74, 6) is -0.943. The SMILES string of the molecule is COc1cc(F)c(O)cc1CC#N. The van der Waals surface area contributed by atoms with Crippen molar-refractivity contribution in [3.8, 4) is 17.6 Å². The summed E-state index contributed by atoms with van der Waals surface area (Å²) < 4.78 is 17.6. The normalized spacial score (nSPS) is 9.31. The van der Waals surface area contributed by atoms with E-state index >= 15 is 0 Å². The molecule has 0 amide bonds. The van der Waals surface area contributed by atoms with E-state index in [0.29, 0.717) is 5.56 Å². The van der Waals surface area contributed by atoms with Gasteiger partial charge in [0.1, 0.15) is 5.75 Å². The first kappa shape index (κ1) is 9.33. The third-order valence-corrected chi connectivity index (χ3v) is 1.62. The van der Waals surface area contributed by atoms with Gasteiger partial charge in [0, 0.05) is 11.6 Å². The first-order valence-corrected chi connectivity index (χ1v) is 3.61. The summed E-state index contributed by atoms with van der Waals surface area (Å²) in [6.07, 6.45) is 0.0804. The second-order valence-electron chi connectivity index (χ2n) is 2.45. The molecular formula is C9H8FNO2. The van der Waals surface area contributed by atoms with E-state index in [0.717, 1.165) is 6.07 Å². The van der Waals surface area contributed by atoms with Crippen LogP contribution in [0.4, 0.5) is 4.39 Å². The zero-order valence-electron chi connectivity index (χ0n) is 7.04. The molecule has 0 bridgehead atoms. The Morgan fingerprint density at radius 3 is 2.85 bits per heavy atom. The topological polar surface area (TPSA) is 53.2 Å². The Kier molecular flexibility index (Phi) is 2.70. The maximum Gasteiger partial charge on any atom is 0.168 e. The molecule has 0 saturated carbocycles. The van der Waals surface area contributed by atoms with Crippen molar-refractivity contribution in [1.29, 1.82) is 5.26 Å². The van der Waals surface area contributed by atoms with Crippen LogP contribution >= 0.6 is 0 Å². The Balaban J connectivity index is 3.18. The minimum absolute atomic E-state index is 0.0804. The van der Waals surface area contributed by atoms with E-state index in [-0.39, 0.29) is 12.2 Å². The highest BCUT2D eigenvalue weighted by Gasteiger charge is 2.08. The Hall–Kier alpha value is -1.76. The van der Waals surface area contributed by atoms with Crippen molar-refractivity contribution in [3.05, 3.63) is 23.5 Å². The summed E-state index contributed by atoms with van der Waals surface area (Å²) in [5, 5.41) is 17.4. The quantitative estimate of drug-likeness (QED) is 0.754. The molecule has 0 aliphatic heterocycles. The highest BCUT2D eigenvalue weighted by atomic mass is 19.1. The maximum atomic E-state index is 12.8. The monoisotopic (exact) mass is 181 g/mol. The molecule has 0 fully saturated rings. The summed E-state index contributed by atoms with van der Waals surface area (Å²) in [4.78, 5) is 0. The number of hydrogen-bond donors (Lipinski definition) is 1. The van der Waals surface area contributed by atoms with Crippen LogP contribution in [0.15, 0.2) is 12.1 Å². The van der Waals surface area contributed by atoms with Crippen molar-refractivity contribution in [1.82, 2.24) is 0 Å². The third-order valence-electron chi connectivity index (χ3n) is 1.62. The molecule has 13 heavy (non-hydrogen) atoms. The number of ether oxygens (including phenoxy) is 1. The van der Waals surface area contributed by atoms with Crippen LogP contribution in [-0.4, -0.2) is 12.2 Å². The van der Waals surface area contributed by atoms with Gasteiger partial charge in [-0.15, -0.1) is 0 Å². The Morgan fingerprint density at radius 1 is 1.62 bits per heavy atom. The van der Waals surface area contributed by atoms with Crippen LogP contribution in [0.2, 0.25) is 0 Å². The highest BCUT2D eigenvalue weighted by Crippen LogP contribution is 2.26. The zero-order valence-corrected chi connectivity index (χ0v) is 7.04. The molecule has 0 aliphatic carbocycles. The molecule has 0 heterocycles. The molecule has 0 aliphatic rings. The maximum absolute atomic E-state index is 12.8. The van der Waals surface area contributed by atoms with Gasteiger partial charge in [-0.3, -0.25) is 0 Å². The van der Waals surface area contributed by atoms with Gasteiger partial charge in [-0.1, -0.05) is 0 Å². The number of nitrogens with zero attached hydrogens (tertiary/aromatic N) is 1. The number of phenols is 1. The molecule has 68 valence electrons. The summed E-state index contributed by atoms with van der Waals surface area (Å²) in [5.41, 5.74) is 0.476. The third kappa shape index (κ3) is 1.88. The van der Waals surface area contributed by atoms with Crippen LogP contribution in [-0.2, 0) is 6.42 Å². The predicted molar refractivity (Wildman–Crippen MR) is 43.9 cm³/mol. The molecule has 0 radical (unpaired) electrons. The van der Waals surface area contributed by atoms with Crippen LogP contribution in [0, 0.1) is 17.1 Å². The fourth-order valence-electron chi connectivity index (χ4n) is 1.00. The van der Waals surface area contributed by atoms with Gasteiger partial charge in [-0.25, -0.2) is 4.39 Å². The first-order valence-electron chi connectivity index (χ1n) is 3.61. The Bertz CT molecular complexity index is 357. The summed E-state index contributed by atoms with van der Waals surface area (Å²) >= 11 is 0. The molecule has 1 aromatic rings. The van der Waals surface area contributed by atoms with Gasteiger partial charge in [-0.2, -0.15) is 5.26 Å². The van der Waals surface area contributed by atoms with Crippen molar-refractivity contribution < 1.29 is 14.2 Å². The number of phenolic OH excluding ortho intramolecular Hbond substituents is 1. The Morgan fingerprint density at radius 2 is 2.31 bits per heavy atom. The molecule has 3 nitrogen and oxygen atoms in total. The van der Waals surface area contributed by atoms with Crippen LogP contribution in [0.5, 0.6) is 11.5 Å². The molecule has 0 atom stereocenters. The molecule has 0 saturated heterocycles. The number of hydrogen-bond acceptors (Lipinski definition) is 3. The van der Waals surface area contributed by atoms with Gasteiger partial charge in [0.05, 0.1) is 19.6 Å². The van der Waals surface area contributed by atoms with Crippen LogP contribution in [0.3, 0.4) is 0 Å². The lowest BCUT2D eigenvalue weighted by molar-refractivity contribution is 0.395. The van der Waals surface area contributed by atoms with Gasteiger partial charge < -0.3 is 9.84 Å². The Labute approximate surface area is 75.0 Å². The number of methoxy groups -OCH3 is 1. The molecule has 1 N–H and O–H groups in total. The van der Waals surface area contributed by atoms with Crippen LogP contribution < -0.4 is 4.74 Å². The molecule has 1 aromatic carbocycles. The van der Waals surface area contributed by atoms with E-state index in [2.05, 4.69) is 0 Å². The smallest absolute Gasteiger partial charge is 0.168 e. The second kappa shape index (κ2) is 3.76. The van der Waals surface area contributed by atoms with Gasteiger partial charge >= 0.3 is 0 Å². The van der Waals surface area contributed by atoms with Gasteiger partial charge in [0.25, 0.3) is 0 Å². The lowest BCUT2D eigenvalue weighted by Gasteiger charge is -2.06. The van der Waals surface area contributed by atoms with Gasteiger partial charge in [-0.05, 0) is 6.07 Å². The van der Waals surface area contributed by atoms with E-state index < -0.39 is 11.6 Å². The number of benzene rings is 1. The molecular weight excluding hydrogens is 173 g/mol. The predicted octanol–water partition coefficient (Wildman–Crippen LogP) is 1.61. The number of nitriles is 1. The molecule has 1 rings (SSSR count). The van der Waals surface area contributed by atoms with E-state index in [1.165, 1.54) is 13.2 Å². The molecule has 0 spiro atoms. The summed E-state index contributed by atoms with van der Waals surface area (Å²) in [6.45, 7) is 0. The second-order valence-corrected chi connectivity index (χ2v) is 2.45. The fraction of sp³-hybridized carbons (Fsp3) is 0.222. The van der Waals surface area contributed by atoms with Crippen molar-refractivity contribution in [2.24, 2.45) is 0 Å². The number of rotatable bonds is 2. The van der Waals surface area contributed by atoms with Crippen molar-refractivity contribution >= 4 is 0 Å². The number of halogens is 1. The van der Waals surface area contributed by atoms with E-state index in [1.807, 2.05) is 6.07 Å². The van der Waals surface area contributed by atoms with Crippen LogP contribution in [0.25, 0.3) is 0 Å². The minimum Gasteiger partial charge on any atom is -0.505 e. The largest absolute Gasteiger partial charge is 0.505 e. The molecule has 0 aromatic heterocycles. The minimum atomic E-state index is -0.751. The summed E-state index contributed by atoms with van der Waals surface area (Å²) in [7, 11) is 1.38. The van der Waals surface area contributed by atoms with Crippen molar-refractivity contribution in [2.45, 2.75) is 6.42 Å². The zero-order chi connectivity index (χ0) is 9.84. The van der Waals surface area contributed by atoms with E-state index in [1.54, 1.807) is 0 Å². The first-order chi connectivity index (χ1) is 6.19. The standard InChI is InChI=1S/C9H8FNO2/c1-13-9-5-7(10)8(12)4-6(9)2-3-11/h4-5,12H,2H2,1H3. The average Bonchev–Trinajstić information content (AvgIpc) is 2.11. The molecule has 0 unspecified atom stereocenters. The lowest BCUT2D eigenvalue weighted by atomic mass is 10.1. The van der Waals surface area contributed by atoms with Crippen LogP contribution in [0.1, 0.15) is 5.56 Å². The fourth-order valence-corrected chi connectivity index (χ4v) is 1.00. The van der Waals surface area contributed by atoms with Gasteiger partial charge in [0.2, 0.25) is 0 Å². The highest BCUT2D eigenvalue weighted by molar-refractivity contribution is 5.42. The van der Waals surface area contributed by atoms with E-state index in [9.17, 15) is 4.39 Å². The van der Waals surface area contributed by atoms with Crippen molar-refractivity contribution in [3.63, 3.8) is 0 Å². The molecule has 4 heteroatoms. The summed E-state index contributed by atoms with van der Waals surface area (Å²) in [6, 6.07) is 4.14. The van der Waals surface area contributed by atoms with Gasteiger partial charge in [0.15, 0.2) is 11.6 Å². The average molecular weight is 181 g/mol. The van der Waals surface area contributed by atoms with E-state index in [4.69, 9.17) is 15.1 Å². The van der Waals surface area contributed by atoms with Crippen molar-refractivity contribution in [2.75, 3.05) is 7.11 Å². The number of aromatic hydroxyl groups is 1. The lowest BCUT2D eigenvalue weighted by Crippen LogP contribution is -1.92.